The molecular formula is C13H25NO2. The second-order valence-electron chi connectivity index (χ2n) is 5.79. The van der Waals surface area contributed by atoms with Gasteiger partial charge in [-0.15, -0.1) is 0 Å². The fourth-order valence-electron chi connectivity index (χ4n) is 2.51. The van der Waals surface area contributed by atoms with Crippen molar-refractivity contribution in [2.24, 2.45) is 5.92 Å². The quantitative estimate of drug-likeness (QED) is 0.782. The van der Waals surface area contributed by atoms with Crippen molar-refractivity contribution in [3.05, 3.63) is 0 Å². The van der Waals surface area contributed by atoms with Gasteiger partial charge in [0.2, 0.25) is 0 Å². The average Bonchev–Trinajstić information content (AvgIpc) is 2.49. The number of hydrogen-bond donors (Lipinski definition) is 1. The van der Waals surface area contributed by atoms with Crippen molar-refractivity contribution in [1.82, 2.24) is 5.32 Å². The first-order chi connectivity index (χ1) is 7.55. The third-order valence-electron chi connectivity index (χ3n) is 3.67. The number of rotatable bonds is 5. The highest BCUT2D eigenvalue weighted by atomic mass is 16.7. The van der Waals surface area contributed by atoms with Gasteiger partial charge in [0, 0.05) is 12.6 Å². The van der Waals surface area contributed by atoms with Crippen LogP contribution < -0.4 is 5.32 Å². The van der Waals surface area contributed by atoms with Crippen LogP contribution in [0.1, 0.15) is 46.5 Å². The van der Waals surface area contributed by atoms with Crippen LogP contribution in [0.4, 0.5) is 0 Å². The topological polar surface area (TPSA) is 30.5 Å². The molecule has 1 N–H and O–H groups in total. The Hall–Kier alpha value is -0.120. The van der Waals surface area contributed by atoms with E-state index in [4.69, 9.17) is 9.47 Å². The predicted molar refractivity (Wildman–Crippen MR) is 64.3 cm³/mol. The van der Waals surface area contributed by atoms with Crippen molar-refractivity contribution in [2.45, 2.75) is 64.4 Å². The molecule has 1 heterocycles. The lowest BCUT2D eigenvalue weighted by molar-refractivity contribution is -0.137. The average molecular weight is 227 g/mol. The first-order valence-electron chi connectivity index (χ1n) is 6.60. The third-order valence-corrected chi connectivity index (χ3v) is 3.67. The SMILES string of the molecule is CC(CC1CCC1)NCC1COC(C)(C)O1. The smallest absolute Gasteiger partial charge is 0.163 e. The lowest BCUT2D eigenvalue weighted by atomic mass is 9.81. The maximum atomic E-state index is 5.76. The minimum Gasteiger partial charge on any atom is -0.348 e. The lowest BCUT2D eigenvalue weighted by Gasteiger charge is -2.29. The molecule has 1 aliphatic carbocycles. The Morgan fingerprint density at radius 1 is 1.38 bits per heavy atom. The van der Waals surface area contributed by atoms with Crippen LogP contribution in [0.3, 0.4) is 0 Å². The molecule has 2 atom stereocenters. The van der Waals surface area contributed by atoms with E-state index < -0.39 is 0 Å². The van der Waals surface area contributed by atoms with E-state index in [0.29, 0.717) is 6.04 Å². The summed E-state index contributed by atoms with van der Waals surface area (Å²) < 4.78 is 11.3. The van der Waals surface area contributed by atoms with Crippen molar-refractivity contribution in [1.29, 1.82) is 0 Å². The molecule has 0 radical (unpaired) electrons. The summed E-state index contributed by atoms with van der Waals surface area (Å²) >= 11 is 0. The van der Waals surface area contributed by atoms with Crippen LogP contribution in [0.25, 0.3) is 0 Å². The van der Waals surface area contributed by atoms with Crippen LogP contribution in [0.5, 0.6) is 0 Å². The van der Waals surface area contributed by atoms with Crippen molar-refractivity contribution in [3.8, 4) is 0 Å². The molecule has 94 valence electrons. The highest BCUT2D eigenvalue weighted by molar-refractivity contribution is 4.78. The van der Waals surface area contributed by atoms with E-state index in [9.17, 15) is 0 Å². The van der Waals surface area contributed by atoms with Gasteiger partial charge in [0.15, 0.2) is 5.79 Å². The number of ether oxygens (including phenoxy) is 2. The fourth-order valence-corrected chi connectivity index (χ4v) is 2.51. The van der Waals surface area contributed by atoms with Crippen LogP contribution in [-0.4, -0.2) is 31.1 Å². The molecule has 0 aromatic carbocycles. The molecule has 2 fully saturated rings. The van der Waals surface area contributed by atoms with E-state index in [1.165, 1.54) is 25.7 Å². The first kappa shape index (κ1) is 12.3. The Bertz CT molecular complexity index is 226. The fraction of sp³-hybridized carbons (Fsp3) is 1.00. The molecule has 3 nitrogen and oxygen atoms in total. The number of nitrogens with one attached hydrogen (secondary N) is 1. The molecule has 3 heteroatoms. The van der Waals surface area contributed by atoms with E-state index in [-0.39, 0.29) is 11.9 Å². The monoisotopic (exact) mass is 227 g/mol. The summed E-state index contributed by atoms with van der Waals surface area (Å²) in [5.41, 5.74) is 0. The summed E-state index contributed by atoms with van der Waals surface area (Å²) in [6.07, 6.45) is 5.84. The Labute approximate surface area is 98.9 Å². The van der Waals surface area contributed by atoms with Gasteiger partial charge in [-0.25, -0.2) is 0 Å². The highest BCUT2D eigenvalue weighted by Gasteiger charge is 2.32. The van der Waals surface area contributed by atoms with Gasteiger partial charge >= 0.3 is 0 Å². The molecule has 0 bridgehead atoms. The summed E-state index contributed by atoms with van der Waals surface area (Å²) in [5.74, 6) is 0.587. The molecule has 2 aliphatic rings. The van der Waals surface area contributed by atoms with Crippen LogP contribution >= 0.6 is 0 Å². The standard InChI is InChI=1S/C13H25NO2/c1-10(7-11-5-4-6-11)14-8-12-9-15-13(2,3)16-12/h10-12,14H,4-9H2,1-3H3. The summed E-state index contributed by atoms with van der Waals surface area (Å²) in [6.45, 7) is 7.86. The zero-order valence-corrected chi connectivity index (χ0v) is 10.8. The minimum absolute atomic E-state index is 0.221. The van der Waals surface area contributed by atoms with Crippen molar-refractivity contribution in [3.63, 3.8) is 0 Å². The molecule has 0 aromatic rings. The maximum absolute atomic E-state index is 5.76. The molecule has 1 aliphatic heterocycles. The van der Waals surface area contributed by atoms with Crippen molar-refractivity contribution >= 4 is 0 Å². The van der Waals surface area contributed by atoms with Crippen LogP contribution in [0.2, 0.25) is 0 Å². The highest BCUT2D eigenvalue weighted by Crippen LogP contribution is 2.30. The molecule has 2 rings (SSSR count). The molecular weight excluding hydrogens is 202 g/mol. The molecule has 16 heavy (non-hydrogen) atoms. The van der Waals surface area contributed by atoms with Crippen molar-refractivity contribution < 1.29 is 9.47 Å². The van der Waals surface area contributed by atoms with Gasteiger partial charge in [-0.3, -0.25) is 0 Å². The van der Waals surface area contributed by atoms with Crippen LogP contribution in [-0.2, 0) is 9.47 Å². The second kappa shape index (κ2) is 5.03. The molecule has 1 saturated carbocycles. The first-order valence-corrected chi connectivity index (χ1v) is 6.60. The summed E-state index contributed by atoms with van der Waals surface area (Å²) in [5, 5.41) is 3.56. The van der Waals surface area contributed by atoms with E-state index in [1.54, 1.807) is 0 Å². The second-order valence-corrected chi connectivity index (χ2v) is 5.79. The third kappa shape index (κ3) is 3.44. The predicted octanol–water partition coefficient (Wildman–Crippen LogP) is 2.31. The zero-order valence-electron chi connectivity index (χ0n) is 10.8. The van der Waals surface area contributed by atoms with Gasteiger partial charge in [0.1, 0.15) is 0 Å². The Kier molecular flexibility index (Phi) is 3.88. The Balaban J connectivity index is 1.60. The van der Waals surface area contributed by atoms with Crippen molar-refractivity contribution in [2.75, 3.05) is 13.2 Å². The molecule has 2 unspecified atom stereocenters. The normalized spacial score (nSPS) is 31.3. The largest absolute Gasteiger partial charge is 0.348 e. The summed E-state index contributed by atoms with van der Waals surface area (Å²) in [6, 6.07) is 0.609. The van der Waals surface area contributed by atoms with E-state index in [1.807, 2.05) is 13.8 Å². The number of hydrogen-bond acceptors (Lipinski definition) is 3. The van der Waals surface area contributed by atoms with Gasteiger partial charge in [-0.2, -0.15) is 0 Å². The molecule has 1 saturated heterocycles. The Morgan fingerprint density at radius 2 is 2.12 bits per heavy atom. The molecule has 0 aromatic heterocycles. The maximum Gasteiger partial charge on any atom is 0.163 e. The van der Waals surface area contributed by atoms with Gasteiger partial charge in [-0.05, 0) is 33.1 Å². The Morgan fingerprint density at radius 3 is 2.62 bits per heavy atom. The lowest BCUT2D eigenvalue weighted by Crippen LogP contribution is -2.37. The minimum atomic E-state index is -0.385. The van der Waals surface area contributed by atoms with Gasteiger partial charge < -0.3 is 14.8 Å². The van der Waals surface area contributed by atoms with E-state index in [2.05, 4.69) is 12.2 Å². The van der Waals surface area contributed by atoms with Gasteiger partial charge in [0.05, 0.1) is 12.7 Å². The van der Waals surface area contributed by atoms with Crippen LogP contribution in [0, 0.1) is 5.92 Å². The molecule has 0 amide bonds. The summed E-state index contributed by atoms with van der Waals surface area (Å²) in [7, 11) is 0. The summed E-state index contributed by atoms with van der Waals surface area (Å²) in [4.78, 5) is 0. The van der Waals surface area contributed by atoms with Gasteiger partial charge in [-0.1, -0.05) is 19.3 Å². The van der Waals surface area contributed by atoms with E-state index >= 15 is 0 Å². The zero-order chi connectivity index (χ0) is 11.6. The molecule has 0 spiro atoms. The van der Waals surface area contributed by atoms with E-state index in [0.717, 1.165) is 19.1 Å². The van der Waals surface area contributed by atoms with Gasteiger partial charge in [0.25, 0.3) is 0 Å². The van der Waals surface area contributed by atoms with Crippen LogP contribution in [0.15, 0.2) is 0 Å².